The summed E-state index contributed by atoms with van der Waals surface area (Å²) < 4.78 is 26.2. The topological polar surface area (TPSA) is 57.6 Å². The van der Waals surface area contributed by atoms with Crippen molar-refractivity contribution in [3.05, 3.63) is 34.3 Å². The molecular weight excluding hydrogens is 318 g/mol. The molecule has 0 aliphatic rings. The molecule has 1 aromatic carbocycles. The molecule has 0 aliphatic heterocycles. The van der Waals surface area contributed by atoms with E-state index in [1.165, 1.54) is 4.31 Å². The average molecular weight is 336 g/mol. The highest BCUT2D eigenvalue weighted by Crippen LogP contribution is 2.13. The predicted molar refractivity (Wildman–Crippen MR) is 75.7 cm³/mol. The van der Waals surface area contributed by atoms with E-state index in [4.69, 9.17) is 5.11 Å². The van der Waals surface area contributed by atoms with Crippen LogP contribution in [0.4, 0.5) is 0 Å². The molecule has 0 saturated carbocycles. The average Bonchev–Trinajstić information content (AvgIpc) is 2.32. The lowest BCUT2D eigenvalue weighted by atomic mass is 10.2. The molecule has 0 unspecified atom stereocenters. The van der Waals surface area contributed by atoms with Crippen LogP contribution in [0.5, 0.6) is 0 Å². The third-order valence-corrected chi connectivity index (χ3v) is 5.02. The van der Waals surface area contributed by atoms with Gasteiger partial charge in [0.1, 0.15) is 0 Å². The standard InChI is InChI=1S/C12H18BrNO3S/c1-14(18(16,17)9-3-2-8-15)10-11-4-6-12(13)7-5-11/h4-7,15H,2-3,8-10H2,1H3. The molecule has 1 N–H and O–H groups in total. The first-order valence-electron chi connectivity index (χ1n) is 5.75. The highest BCUT2D eigenvalue weighted by atomic mass is 79.9. The van der Waals surface area contributed by atoms with Crippen molar-refractivity contribution >= 4 is 26.0 Å². The van der Waals surface area contributed by atoms with E-state index in [-0.39, 0.29) is 12.4 Å². The Hall–Kier alpha value is -0.430. The van der Waals surface area contributed by atoms with E-state index < -0.39 is 10.0 Å². The fourth-order valence-electron chi connectivity index (χ4n) is 1.50. The van der Waals surface area contributed by atoms with Crippen LogP contribution in [0.15, 0.2) is 28.7 Å². The van der Waals surface area contributed by atoms with Gasteiger partial charge in [0.2, 0.25) is 10.0 Å². The van der Waals surface area contributed by atoms with E-state index in [1.807, 2.05) is 24.3 Å². The first-order chi connectivity index (χ1) is 8.45. The minimum atomic E-state index is -3.23. The van der Waals surface area contributed by atoms with Crippen molar-refractivity contribution in [2.24, 2.45) is 0 Å². The molecule has 0 saturated heterocycles. The zero-order valence-electron chi connectivity index (χ0n) is 10.3. The number of benzene rings is 1. The van der Waals surface area contributed by atoms with Crippen molar-refractivity contribution in [1.82, 2.24) is 4.31 Å². The van der Waals surface area contributed by atoms with Crippen LogP contribution in [0.3, 0.4) is 0 Å². The molecule has 102 valence electrons. The second-order valence-corrected chi connectivity index (χ2v) is 7.24. The Morgan fingerprint density at radius 2 is 1.83 bits per heavy atom. The summed E-state index contributed by atoms with van der Waals surface area (Å²) in [6, 6.07) is 7.57. The van der Waals surface area contributed by atoms with Crippen LogP contribution in [-0.2, 0) is 16.6 Å². The minimum Gasteiger partial charge on any atom is -0.396 e. The fraction of sp³-hybridized carbons (Fsp3) is 0.500. The summed E-state index contributed by atoms with van der Waals surface area (Å²) in [5, 5.41) is 8.65. The van der Waals surface area contributed by atoms with Gasteiger partial charge in [0.25, 0.3) is 0 Å². The SMILES string of the molecule is CN(Cc1ccc(Br)cc1)S(=O)(=O)CCCCO. The van der Waals surface area contributed by atoms with E-state index >= 15 is 0 Å². The minimum absolute atomic E-state index is 0.0337. The smallest absolute Gasteiger partial charge is 0.214 e. The Morgan fingerprint density at radius 1 is 1.22 bits per heavy atom. The van der Waals surface area contributed by atoms with Gasteiger partial charge in [-0.05, 0) is 30.5 Å². The summed E-state index contributed by atoms with van der Waals surface area (Å²) in [5.41, 5.74) is 0.950. The van der Waals surface area contributed by atoms with Gasteiger partial charge in [-0.1, -0.05) is 28.1 Å². The van der Waals surface area contributed by atoms with Gasteiger partial charge in [0.05, 0.1) is 5.75 Å². The van der Waals surface area contributed by atoms with Gasteiger partial charge in [0, 0.05) is 24.7 Å². The van der Waals surface area contributed by atoms with E-state index in [1.54, 1.807) is 7.05 Å². The Balaban J connectivity index is 2.58. The lowest BCUT2D eigenvalue weighted by Gasteiger charge is -2.17. The molecule has 0 amide bonds. The summed E-state index contributed by atoms with van der Waals surface area (Å²) >= 11 is 3.34. The number of sulfonamides is 1. The van der Waals surface area contributed by atoms with E-state index in [9.17, 15) is 8.42 Å². The van der Waals surface area contributed by atoms with Crippen molar-refractivity contribution in [3.63, 3.8) is 0 Å². The fourth-order valence-corrected chi connectivity index (χ4v) is 2.99. The lowest BCUT2D eigenvalue weighted by molar-refractivity contribution is 0.287. The van der Waals surface area contributed by atoms with Gasteiger partial charge < -0.3 is 5.11 Å². The zero-order chi connectivity index (χ0) is 13.6. The van der Waals surface area contributed by atoms with E-state index in [2.05, 4.69) is 15.9 Å². The molecule has 1 aromatic rings. The molecular formula is C12H18BrNO3S. The molecule has 1 rings (SSSR count). The number of hydrogen-bond acceptors (Lipinski definition) is 3. The molecule has 0 aliphatic carbocycles. The summed E-state index contributed by atoms with van der Waals surface area (Å²) in [4.78, 5) is 0. The van der Waals surface area contributed by atoms with Crippen LogP contribution in [-0.4, -0.2) is 37.2 Å². The van der Waals surface area contributed by atoms with Crippen LogP contribution in [0.2, 0.25) is 0 Å². The largest absolute Gasteiger partial charge is 0.396 e. The molecule has 6 heteroatoms. The maximum absolute atomic E-state index is 11.9. The number of nitrogens with zero attached hydrogens (tertiary/aromatic N) is 1. The third-order valence-electron chi connectivity index (χ3n) is 2.60. The summed E-state index contributed by atoms with van der Waals surface area (Å²) in [7, 11) is -1.65. The summed E-state index contributed by atoms with van der Waals surface area (Å²) in [6.45, 7) is 0.403. The summed E-state index contributed by atoms with van der Waals surface area (Å²) in [6.07, 6.45) is 1.01. The van der Waals surface area contributed by atoms with Crippen molar-refractivity contribution in [3.8, 4) is 0 Å². The van der Waals surface area contributed by atoms with Gasteiger partial charge in [-0.25, -0.2) is 12.7 Å². The first-order valence-corrected chi connectivity index (χ1v) is 8.15. The maximum Gasteiger partial charge on any atom is 0.214 e. The van der Waals surface area contributed by atoms with Crippen LogP contribution >= 0.6 is 15.9 Å². The van der Waals surface area contributed by atoms with Crippen molar-refractivity contribution in [2.75, 3.05) is 19.4 Å². The number of unbranched alkanes of at least 4 members (excludes halogenated alkanes) is 1. The molecule has 0 spiro atoms. The Bertz CT molecular complexity index is 459. The third kappa shape index (κ3) is 5.06. The highest BCUT2D eigenvalue weighted by Gasteiger charge is 2.17. The van der Waals surface area contributed by atoms with Crippen LogP contribution < -0.4 is 0 Å². The lowest BCUT2D eigenvalue weighted by Crippen LogP contribution is -2.28. The summed E-state index contributed by atoms with van der Waals surface area (Å²) in [5.74, 6) is 0.0839. The number of aliphatic hydroxyl groups is 1. The molecule has 0 fully saturated rings. The molecule has 0 bridgehead atoms. The molecule has 0 aromatic heterocycles. The van der Waals surface area contributed by atoms with Crippen molar-refractivity contribution in [2.45, 2.75) is 19.4 Å². The van der Waals surface area contributed by atoms with E-state index in [0.717, 1.165) is 10.0 Å². The van der Waals surface area contributed by atoms with Crippen LogP contribution in [0, 0.1) is 0 Å². The van der Waals surface area contributed by atoms with Crippen LogP contribution in [0.1, 0.15) is 18.4 Å². The first kappa shape index (κ1) is 15.6. The molecule has 0 atom stereocenters. The molecule has 18 heavy (non-hydrogen) atoms. The van der Waals surface area contributed by atoms with Gasteiger partial charge in [0.15, 0.2) is 0 Å². The van der Waals surface area contributed by atoms with Gasteiger partial charge in [-0.3, -0.25) is 0 Å². The highest BCUT2D eigenvalue weighted by molar-refractivity contribution is 9.10. The molecule has 4 nitrogen and oxygen atoms in total. The maximum atomic E-state index is 11.9. The Labute approximate surface area is 117 Å². The predicted octanol–water partition coefficient (Wildman–Crippen LogP) is 1.98. The number of halogens is 1. The number of rotatable bonds is 7. The molecule has 0 radical (unpaired) electrons. The van der Waals surface area contributed by atoms with E-state index in [0.29, 0.717) is 19.4 Å². The normalized spacial score (nSPS) is 12.0. The van der Waals surface area contributed by atoms with Gasteiger partial charge in [-0.15, -0.1) is 0 Å². The Morgan fingerprint density at radius 3 is 2.39 bits per heavy atom. The second-order valence-electron chi connectivity index (χ2n) is 4.13. The van der Waals surface area contributed by atoms with Crippen molar-refractivity contribution in [1.29, 1.82) is 0 Å². The Kier molecular flexibility index (Phi) is 6.28. The van der Waals surface area contributed by atoms with Crippen LogP contribution in [0.25, 0.3) is 0 Å². The van der Waals surface area contributed by atoms with Crippen molar-refractivity contribution < 1.29 is 13.5 Å². The number of hydrogen-bond donors (Lipinski definition) is 1. The number of aliphatic hydroxyl groups excluding tert-OH is 1. The molecule has 0 heterocycles. The zero-order valence-corrected chi connectivity index (χ0v) is 12.7. The monoisotopic (exact) mass is 335 g/mol. The second kappa shape index (κ2) is 7.23. The van der Waals surface area contributed by atoms with Gasteiger partial charge in [-0.2, -0.15) is 0 Å². The quantitative estimate of drug-likeness (QED) is 0.775. The van der Waals surface area contributed by atoms with Gasteiger partial charge >= 0.3 is 0 Å².